The Bertz CT molecular complexity index is 1280. The molecular weight excluding hydrogens is 380 g/mol. The third-order valence-corrected chi connectivity index (χ3v) is 5.00. The second kappa shape index (κ2) is 8.24. The van der Waals surface area contributed by atoms with Gasteiger partial charge in [0, 0.05) is 37.1 Å². The fraction of sp³-hybridized carbons (Fsp3) is 0.174. The van der Waals surface area contributed by atoms with Gasteiger partial charge in [-0.25, -0.2) is 4.52 Å². The molecule has 0 aliphatic rings. The molecule has 3 aromatic heterocycles. The maximum absolute atomic E-state index is 12.8. The molecule has 4 rings (SSSR count). The van der Waals surface area contributed by atoms with Gasteiger partial charge in [0.1, 0.15) is 11.3 Å². The predicted molar refractivity (Wildman–Crippen MR) is 115 cm³/mol. The molecular formula is C23H22N4O3. The summed E-state index contributed by atoms with van der Waals surface area (Å²) in [5, 5.41) is 7.29. The minimum Gasteiger partial charge on any atom is -0.465 e. The van der Waals surface area contributed by atoms with Gasteiger partial charge in [0.05, 0.1) is 12.0 Å². The lowest BCUT2D eigenvalue weighted by Gasteiger charge is -2.06. The van der Waals surface area contributed by atoms with Crippen molar-refractivity contribution in [1.29, 1.82) is 0 Å². The van der Waals surface area contributed by atoms with E-state index in [-0.39, 0.29) is 11.5 Å². The van der Waals surface area contributed by atoms with Crippen molar-refractivity contribution < 1.29 is 9.21 Å². The molecule has 0 atom stereocenters. The fourth-order valence-corrected chi connectivity index (χ4v) is 3.15. The number of rotatable bonds is 6. The smallest absolute Gasteiger partial charge is 0.276 e. The molecule has 1 N–H and O–H groups in total. The molecule has 1 amide bonds. The van der Waals surface area contributed by atoms with Gasteiger partial charge >= 0.3 is 0 Å². The van der Waals surface area contributed by atoms with Gasteiger partial charge in [-0.05, 0) is 55.3 Å². The lowest BCUT2D eigenvalue weighted by atomic mass is 10.0. The summed E-state index contributed by atoms with van der Waals surface area (Å²) in [5.74, 6) is 0.356. The van der Waals surface area contributed by atoms with Crippen molar-refractivity contribution in [2.75, 3.05) is 6.54 Å². The summed E-state index contributed by atoms with van der Waals surface area (Å²) in [6, 6.07) is 11.4. The molecule has 0 spiro atoms. The Morgan fingerprint density at radius 3 is 2.80 bits per heavy atom. The van der Waals surface area contributed by atoms with E-state index < -0.39 is 0 Å². The molecule has 152 valence electrons. The molecule has 0 unspecified atom stereocenters. The number of carbonyl (C=O) groups is 1. The van der Waals surface area contributed by atoms with E-state index in [1.807, 2.05) is 6.07 Å². The number of hydrogen-bond donors (Lipinski definition) is 1. The Hall–Kier alpha value is -3.87. The molecule has 1 aromatic carbocycles. The Morgan fingerprint density at radius 2 is 2.03 bits per heavy atom. The van der Waals surface area contributed by atoms with Crippen molar-refractivity contribution in [1.82, 2.24) is 19.5 Å². The lowest BCUT2D eigenvalue weighted by Crippen LogP contribution is -2.30. The highest BCUT2D eigenvalue weighted by atomic mass is 16.3. The zero-order valence-electron chi connectivity index (χ0n) is 16.8. The Balaban J connectivity index is 1.46. The van der Waals surface area contributed by atoms with Gasteiger partial charge in [-0.15, -0.1) is 0 Å². The molecule has 0 saturated heterocycles. The van der Waals surface area contributed by atoms with E-state index >= 15 is 0 Å². The summed E-state index contributed by atoms with van der Waals surface area (Å²) in [6.45, 7) is 4.81. The molecule has 0 fully saturated rings. The van der Waals surface area contributed by atoms with Crippen LogP contribution >= 0.6 is 0 Å². The van der Waals surface area contributed by atoms with Crippen molar-refractivity contribution in [3.8, 4) is 11.3 Å². The molecule has 7 nitrogen and oxygen atoms in total. The first-order valence-corrected chi connectivity index (χ1v) is 9.67. The molecule has 0 radical (unpaired) electrons. The standard InChI is InChI=1S/C23H22N4O3/c1-16-5-6-18(14-17(16)2)20-15-21-23(29)26(11-12-27(21)25-20)10-9-24-22(28)8-7-19-4-3-13-30-19/h3-8,11-15H,9-10H2,1-2H3,(H,24,28). The number of carbonyl (C=O) groups excluding carboxylic acids is 1. The molecule has 0 aliphatic carbocycles. The van der Waals surface area contributed by atoms with Crippen LogP contribution in [0.3, 0.4) is 0 Å². The van der Waals surface area contributed by atoms with Gasteiger partial charge in [0.15, 0.2) is 0 Å². The van der Waals surface area contributed by atoms with Gasteiger partial charge in [0.2, 0.25) is 5.91 Å². The molecule has 0 bridgehead atoms. The van der Waals surface area contributed by atoms with Crippen LogP contribution in [0.25, 0.3) is 22.9 Å². The largest absolute Gasteiger partial charge is 0.465 e. The molecule has 4 aromatic rings. The van der Waals surface area contributed by atoms with Crippen molar-refractivity contribution >= 4 is 17.5 Å². The zero-order valence-corrected chi connectivity index (χ0v) is 16.8. The van der Waals surface area contributed by atoms with Gasteiger partial charge in [-0.2, -0.15) is 5.10 Å². The summed E-state index contributed by atoms with van der Waals surface area (Å²) >= 11 is 0. The highest BCUT2D eigenvalue weighted by molar-refractivity contribution is 5.91. The number of hydrogen-bond acceptors (Lipinski definition) is 4. The minimum atomic E-state index is -0.248. The quantitative estimate of drug-likeness (QED) is 0.502. The van der Waals surface area contributed by atoms with Gasteiger partial charge in [-0.3, -0.25) is 9.59 Å². The van der Waals surface area contributed by atoms with E-state index in [1.54, 1.807) is 52.0 Å². The van der Waals surface area contributed by atoms with E-state index in [9.17, 15) is 9.59 Å². The van der Waals surface area contributed by atoms with Crippen molar-refractivity contribution in [3.05, 3.63) is 88.4 Å². The first-order valence-electron chi connectivity index (χ1n) is 9.67. The number of benzene rings is 1. The first kappa shape index (κ1) is 19.4. The molecule has 0 saturated carbocycles. The van der Waals surface area contributed by atoms with Crippen LogP contribution in [0.2, 0.25) is 0 Å². The highest BCUT2D eigenvalue weighted by Crippen LogP contribution is 2.21. The van der Waals surface area contributed by atoms with Crippen molar-refractivity contribution in [2.45, 2.75) is 20.4 Å². The van der Waals surface area contributed by atoms with Crippen LogP contribution in [0.15, 0.2) is 70.3 Å². The minimum absolute atomic E-state index is 0.152. The Kier molecular flexibility index (Phi) is 5.34. The van der Waals surface area contributed by atoms with E-state index in [0.717, 1.165) is 11.3 Å². The SMILES string of the molecule is Cc1ccc(-c2cc3c(=O)n(CCNC(=O)C=Cc4ccco4)ccn3n2)cc1C. The second-order valence-electron chi connectivity index (χ2n) is 7.09. The number of nitrogens with one attached hydrogen (secondary N) is 1. The summed E-state index contributed by atoms with van der Waals surface area (Å²) in [6.07, 6.45) is 7.96. The molecule has 7 heteroatoms. The average molecular weight is 402 g/mol. The monoisotopic (exact) mass is 402 g/mol. The lowest BCUT2D eigenvalue weighted by molar-refractivity contribution is -0.116. The van der Waals surface area contributed by atoms with Gasteiger partial charge < -0.3 is 14.3 Å². The van der Waals surface area contributed by atoms with Crippen LogP contribution in [0.4, 0.5) is 0 Å². The number of nitrogens with zero attached hydrogens (tertiary/aromatic N) is 3. The van der Waals surface area contributed by atoms with Crippen molar-refractivity contribution in [3.63, 3.8) is 0 Å². The Morgan fingerprint density at radius 1 is 1.17 bits per heavy atom. The van der Waals surface area contributed by atoms with Crippen LogP contribution in [-0.2, 0) is 11.3 Å². The van der Waals surface area contributed by atoms with Gasteiger partial charge in [0.25, 0.3) is 5.56 Å². The third kappa shape index (κ3) is 4.10. The number of fused-ring (bicyclic) bond motifs is 1. The van der Waals surface area contributed by atoms with E-state index in [2.05, 4.69) is 36.4 Å². The number of furan rings is 1. The van der Waals surface area contributed by atoms with Crippen LogP contribution in [0, 0.1) is 13.8 Å². The number of aryl methyl sites for hydroxylation is 2. The summed E-state index contributed by atoms with van der Waals surface area (Å²) < 4.78 is 8.30. The third-order valence-electron chi connectivity index (χ3n) is 5.00. The van der Waals surface area contributed by atoms with Crippen LogP contribution in [0.1, 0.15) is 16.9 Å². The fourth-order valence-electron chi connectivity index (χ4n) is 3.15. The summed E-state index contributed by atoms with van der Waals surface area (Å²) in [7, 11) is 0. The van der Waals surface area contributed by atoms with E-state index in [0.29, 0.717) is 24.4 Å². The predicted octanol–water partition coefficient (Wildman–Crippen LogP) is 3.20. The van der Waals surface area contributed by atoms with Crippen LogP contribution in [0.5, 0.6) is 0 Å². The summed E-state index contributed by atoms with van der Waals surface area (Å²) in [4.78, 5) is 24.7. The van der Waals surface area contributed by atoms with E-state index in [4.69, 9.17) is 4.42 Å². The molecule has 30 heavy (non-hydrogen) atoms. The van der Waals surface area contributed by atoms with Gasteiger partial charge in [-0.1, -0.05) is 12.1 Å². The summed E-state index contributed by atoms with van der Waals surface area (Å²) in [5.41, 5.74) is 4.47. The van der Waals surface area contributed by atoms with Crippen LogP contribution in [-0.4, -0.2) is 26.6 Å². The maximum Gasteiger partial charge on any atom is 0.276 e. The average Bonchev–Trinajstić information content (AvgIpc) is 3.40. The zero-order chi connectivity index (χ0) is 21.1. The van der Waals surface area contributed by atoms with Crippen LogP contribution < -0.4 is 10.9 Å². The number of aromatic nitrogens is 3. The second-order valence-corrected chi connectivity index (χ2v) is 7.09. The topological polar surface area (TPSA) is 81.5 Å². The van der Waals surface area contributed by atoms with Crippen molar-refractivity contribution in [2.24, 2.45) is 0 Å². The normalized spacial score (nSPS) is 11.4. The number of amides is 1. The highest BCUT2D eigenvalue weighted by Gasteiger charge is 2.10. The molecule has 3 heterocycles. The Labute approximate surface area is 173 Å². The maximum atomic E-state index is 12.8. The first-order chi connectivity index (χ1) is 14.5. The van der Waals surface area contributed by atoms with E-state index in [1.165, 1.54) is 17.2 Å². The molecule has 0 aliphatic heterocycles.